The molecule has 98 valence electrons. The Kier molecular flexibility index (Phi) is 4.35. The van der Waals surface area contributed by atoms with Crippen LogP contribution in [0.3, 0.4) is 0 Å². The van der Waals surface area contributed by atoms with Crippen LogP contribution in [0.15, 0.2) is 48.5 Å². The summed E-state index contributed by atoms with van der Waals surface area (Å²) in [6, 6.07) is 15.9. The van der Waals surface area contributed by atoms with Crippen LogP contribution in [-0.2, 0) is 12.8 Å². The molecule has 0 amide bonds. The van der Waals surface area contributed by atoms with Crippen molar-refractivity contribution in [2.24, 2.45) is 0 Å². The van der Waals surface area contributed by atoms with Gasteiger partial charge in [0.2, 0.25) is 0 Å². The van der Waals surface area contributed by atoms with Crippen LogP contribution in [0.1, 0.15) is 28.4 Å². The van der Waals surface area contributed by atoms with Gasteiger partial charge in [0, 0.05) is 5.56 Å². The second-order valence-corrected chi connectivity index (χ2v) is 4.56. The van der Waals surface area contributed by atoms with Crippen LogP contribution in [0.4, 0.5) is 0 Å². The van der Waals surface area contributed by atoms with Gasteiger partial charge in [0.25, 0.3) is 0 Å². The van der Waals surface area contributed by atoms with E-state index >= 15 is 0 Å². The molecule has 0 saturated carbocycles. The minimum Gasteiger partial charge on any atom is -0.497 e. The molecule has 0 radical (unpaired) electrons. The third-order valence-corrected chi connectivity index (χ3v) is 3.22. The number of rotatable bonds is 5. The van der Waals surface area contributed by atoms with E-state index in [4.69, 9.17) is 4.74 Å². The van der Waals surface area contributed by atoms with Crippen molar-refractivity contribution < 1.29 is 9.53 Å². The Morgan fingerprint density at radius 2 is 1.79 bits per heavy atom. The maximum Gasteiger partial charge on any atom is 0.160 e. The smallest absolute Gasteiger partial charge is 0.160 e. The molecule has 0 unspecified atom stereocenters. The van der Waals surface area contributed by atoms with Gasteiger partial charge in [-0.25, -0.2) is 0 Å². The molecule has 2 rings (SSSR count). The van der Waals surface area contributed by atoms with E-state index in [0.29, 0.717) is 0 Å². The van der Waals surface area contributed by atoms with E-state index in [0.717, 1.165) is 29.7 Å². The fourth-order valence-electron chi connectivity index (χ4n) is 2.17. The van der Waals surface area contributed by atoms with E-state index < -0.39 is 0 Å². The molecular formula is C17H18O2. The molecule has 0 aliphatic carbocycles. The van der Waals surface area contributed by atoms with Gasteiger partial charge in [0.1, 0.15) is 5.75 Å². The van der Waals surface area contributed by atoms with Crippen LogP contribution in [0, 0.1) is 0 Å². The fraction of sp³-hybridized carbons (Fsp3) is 0.235. The van der Waals surface area contributed by atoms with Crippen molar-refractivity contribution in [1.29, 1.82) is 0 Å². The summed E-state index contributed by atoms with van der Waals surface area (Å²) in [7, 11) is 1.64. The molecule has 0 aliphatic heterocycles. The summed E-state index contributed by atoms with van der Waals surface area (Å²) in [6.07, 6.45) is 1.77. The molecule has 0 spiro atoms. The quantitative estimate of drug-likeness (QED) is 0.761. The van der Waals surface area contributed by atoms with E-state index in [1.54, 1.807) is 14.0 Å². The number of Topliss-reactive ketones (excluding diaryl/α,β-unsaturated/α-hetero) is 1. The van der Waals surface area contributed by atoms with Crippen molar-refractivity contribution in [3.63, 3.8) is 0 Å². The van der Waals surface area contributed by atoms with Crippen molar-refractivity contribution in [3.05, 3.63) is 65.2 Å². The summed E-state index contributed by atoms with van der Waals surface area (Å²) in [5.74, 6) is 0.902. The minimum atomic E-state index is 0.103. The topological polar surface area (TPSA) is 26.3 Å². The summed E-state index contributed by atoms with van der Waals surface area (Å²) in [4.78, 5) is 11.6. The van der Waals surface area contributed by atoms with Gasteiger partial charge in [0.15, 0.2) is 5.78 Å². The second kappa shape index (κ2) is 6.19. The summed E-state index contributed by atoms with van der Waals surface area (Å²) < 4.78 is 5.23. The summed E-state index contributed by atoms with van der Waals surface area (Å²) in [5, 5.41) is 0. The Bertz CT molecular complexity index is 559. The van der Waals surface area contributed by atoms with Crippen LogP contribution in [0.25, 0.3) is 0 Å². The highest BCUT2D eigenvalue weighted by Crippen LogP contribution is 2.20. The molecule has 0 atom stereocenters. The Morgan fingerprint density at radius 1 is 1.05 bits per heavy atom. The first kappa shape index (κ1) is 13.3. The van der Waals surface area contributed by atoms with Crippen molar-refractivity contribution >= 4 is 5.78 Å². The lowest BCUT2D eigenvalue weighted by Crippen LogP contribution is -2.02. The third kappa shape index (κ3) is 3.44. The van der Waals surface area contributed by atoms with Crippen LogP contribution < -0.4 is 4.74 Å². The number of hydrogen-bond donors (Lipinski definition) is 0. The molecule has 0 heterocycles. The van der Waals surface area contributed by atoms with Gasteiger partial charge >= 0.3 is 0 Å². The second-order valence-electron chi connectivity index (χ2n) is 4.56. The first-order valence-electron chi connectivity index (χ1n) is 6.42. The third-order valence-electron chi connectivity index (χ3n) is 3.22. The first-order chi connectivity index (χ1) is 9.20. The van der Waals surface area contributed by atoms with Gasteiger partial charge < -0.3 is 4.74 Å². The average Bonchev–Trinajstić information content (AvgIpc) is 2.45. The molecule has 0 aromatic heterocycles. The Morgan fingerprint density at radius 3 is 2.42 bits per heavy atom. The number of benzene rings is 2. The number of hydrogen-bond acceptors (Lipinski definition) is 2. The number of aryl methyl sites for hydroxylation is 2. The summed E-state index contributed by atoms with van der Waals surface area (Å²) >= 11 is 0. The number of ketones is 1. The highest BCUT2D eigenvalue weighted by Gasteiger charge is 2.08. The molecule has 0 saturated heterocycles. The van der Waals surface area contributed by atoms with Crippen LogP contribution in [0.2, 0.25) is 0 Å². The normalized spacial score (nSPS) is 10.2. The van der Waals surface area contributed by atoms with E-state index in [9.17, 15) is 4.79 Å². The predicted molar refractivity (Wildman–Crippen MR) is 76.8 cm³/mol. The molecular weight excluding hydrogens is 236 g/mol. The van der Waals surface area contributed by atoms with E-state index in [2.05, 4.69) is 12.1 Å². The molecule has 0 fully saturated rings. The molecule has 0 bridgehead atoms. The standard InChI is InChI=1S/C17H18O2/c1-13(18)17-11-10-16(19-2)12-15(17)9-8-14-6-4-3-5-7-14/h3-7,10-12H,8-9H2,1-2H3. The van der Waals surface area contributed by atoms with Gasteiger partial charge in [-0.1, -0.05) is 30.3 Å². The van der Waals surface area contributed by atoms with E-state index in [-0.39, 0.29) is 5.78 Å². The lowest BCUT2D eigenvalue weighted by Gasteiger charge is -2.09. The van der Waals surface area contributed by atoms with Gasteiger partial charge in [-0.2, -0.15) is 0 Å². The molecule has 2 aromatic carbocycles. The number of methoxy groups -OCH3 is 1. The van der Waals surface area contributed by atoms with E-state index in [1.165, 1.54) is 5.56 Å². The van der Waals surface area contributed by atoms with Crippen molar-refractivity contribution in [2.75, 3.05) is 7.11 Å². The fourth-order valence-corrected chi connectivity index (χ4v) is 2.17. The molecule has 2 aromatic rings. The molecule has 2 heteroatoms. The van der Waals surface area contributed by atoms with Gasteiger partial charge in [-0.05, 0) is 49.1 Å². The lowest BCUT2D eigenvalue weighted by molar-refractivity contribution is 0.101. The largest absolute Gasteiger partial charge is 0.497 e. The van der Waals surface area contributed by atoms with Crippen LogP contribution in [-0.4, -0.2) is 12.9 Å². The minimum absolute atomic E-state index is 0.103. The molecule has 0 aliphatic rings. The molecule has 2 nitrogen and oxygen atoms in total. The van der Waals surface area contributed by atoms with E-state index in [1.807, 2.05) is 36.4 Å². The lowest BCUT2D eigenvalue weighted by atomic mass is 9.97. The number of carbonyl (C=O) groups excluding carboxylic acids is 1. The average molecular weight is 254 g/mol. The highest BCUT2D eigenvalue weighted by molar-refractivity contribution is 5.95. The van der Waals surface area contributed by atoms with Crippen LogP contribution in [0.5, 0.6) is 5.75 Å². The van der Waals surface area contributed by atoms with Gasteiger partial charge in [0.05, 0.1) is 7.11 Å². The van der Waals surface area contributed by atoms with Gasteiger partial charge in [-0.3, -0.25) is 4.79 Å². The SMILES string of the molecule is COc1ccc(C(C)=O)c(CCc2ccccc2)c1. The molecule has 0 N–H and O–H groups in total. The van der Waals surface area contributed by atoms with Crippen molar-refractivity contribution in [2.45, 2.75) is 19.8 Å². The number of ether oxygens (including phenoxy) is 1. The Balaban J connectivity index is 2.20. The molecule has 19 heavy (non-hydrogen) atoms. The van der Waals surface area contributed by atoms with Crippen molar-refractivity contribution in [3.8, 4) is 5.75 Å². The summed E-state index contributed by atoms with van der Waals surface area (Å²) in [5.41, 5.74) is 3.12. The zero-order valence-corrected chi connectivity index (χ0v) is 11.3. The predicted octanol–water partition coefficient (Wildman–Crippen LogP) is 3.68. The maximum absolute atomic E-state index is 11.6. The first-order valence-corrected chi connectivity index (χ1v) is 6.42. The van der Waals surface area contributed by atoms with Crippen LogP contribution >= 0.6 is 0 Å². The maximum atomic E-state index is 11.6. The zero-order valence-electron chi connectivity index (χ0n) is 11.3. The number of carbonyl (C=O) groups is 1. The summed E-state index contributed by atoms with van der Waals surface area (Å²) in [6.45, 7) is 1.60. The Labute approximate surface area is 114 Å². The monoisotopic (exact) mass is 254 g/mol. The van der Waals surface area contributed by atoms with Gasteiger partial charge in [-0.15, -0.1) is 0 Å². The Hall–Kier alpha value is -2.09. The highest BCUT2D eigenvalue weighted by atomic mass is 16.5. The van der Waals surface area contributed by atoms with Crippen molar-refractivity contribution in [1.82, 2.24) is 0 Å². The zero-order chi connectivity index (χ0) is 13.7.